The van der Waals surface area contributed by atoms with Gasteiger partial charge >= 0.3 is 0 Å². The van der Waals surface area contributed by atoms with Crippen molar-refractivity contribution in [3.63, 3.8) is 0 Å². The Balaban J connectivity index is 2.57. The smallest absolute Gasteiger partial charge is 0.0524 e. The zero-order valence-electron chi connectivity index (χ0n) is 8.44. The molecule has 0 aliphatic heterocycles. The van der Waals surface area contributed by atoms with Crippen molar-refractivity contribution in [1.82, 2.24) is 9.63 Å². The molecular formula is C11H14N2O. The van der Waals surface area contributed by atoms with Crippen LogP contribution in [0.4, 0.5) is 0 Å². The first-order valence-electron chi connectivity index (χ1n) is 4.61. The number of hydroxylamine groups is 2. The topological polar surface area (TPSA) is 28.4 Å². The summed E-state index contributed by atoms with van der Waals surface area (Å²) in [7, 11) is 3.67. The van der Waals surface area contributed by atoms with Crippen molar-refractivity contribution in [3.05, 3.63) is 36.0 Å². The summed E-state index contributed by atoms with van der Waals surface area (Å²) in [5.41, 5.74) is 2.33. The van der Waals surface area contributed by atoms with Crippen molar-refractivity contribution in [3.8, 4) is 0 Å². The van der Waals surface area contributed by atoms with Crippen LogP contribution in [0.1, 0.15) is 5.56 Å². The van der Waals surface area contributed by atoms with Gasteiger partial charge in [0.2, 0.25) is 0 Å². The molecule has 1 N–H and O–H groups in total. The lowest BCUT2D eigenvalue weighted by Gasteiger charge is -2.10. The van der Waals surface area contributed by atoms with Crippen LogP contribution in [0.25, 0.3) is 10.9 Å². The van der Waals surface area contributed by atoms with E-state index in [0.29, 0.717) is 6.54 Å². The molecule has 1 aromatic heterocycles. The van der Waals surface area contributed by atoms with Crippen LogP contribution in [-0.4, -0.2) is 21.9 Å². The molecule has 14 heavy (non-hydrogen) atoms. The minimum Gasteiger partial charge on any atom is -0.350 e. The molecule has 0 aliphatic carbocycles. The zero-order chi connectivity index (χ0) is 10.1. The summed E-state index contributed by atoms with van der Waals surface area (Å²) in [6.07, 6.45) is 2.03. The maximum atomic E-state index is 9.22. The van der Waals surface area contributed by atoms with Crippen molar-refractivity contribution in [2.75, 3.05) is 7.05 Å². The van der Waals surface area contributed by atoms with E-state index in [9.17, 15) is 5.21 Å². The van der Waals surface area contributed by atoms with Crippen LogP contribution < -0.4 is 0 Å². The molecule has 3 heteroatoms. The number of hydrogen-bond acceptors (Lipinski definition) is 2. The fourth-order valence-corrected chi connectivity index (χ4v) is 1.82. The van der Waals surface area contributed by atoms with Crippen LogP contribution in [0, 0.1) is 0 Å². The number of hydrogen-bond donors (Lipinski definition) is 1. The monoisotopic (exact) mass is 190 g/mol. The molecule has 0 spiro atoms. The van der Waals surface area contributed by atoms with E-state index in [4.69, 9.17) is 0 Å². The summed E-state index contributed by atoms with van der Waals surface area (Å²) in [4.78, 5) is 0. The van der Waals surface area contributed by atoms with Crippen LogP contribution in [0.5, 0.6) is 0 Å². The first-order chi connectivity index (χ1) is 6.68. The molecule has 74 valence electrons. The Morgan fingerprint density at radius 2 is 2.14 bits per heavy atom. The number of aromatic nitrogens is 1. The average Bonchev–Trinajstić information content (AvgIpc) is 2.48. The standard InChI is InChI=1S/C11H14N2O/c1-12-7-6-9-4-3-5-10(11(9)12)8-13(2)14/h3-7,14H,8H2,1-2H3. The predicted molar refractivity (Wildman–Crippen MR) is 56.2 cm³/mol. The van der Waals surface area contributed by atoms with Gasteiger partial charge in [-0.3, -0.25) is 0 Å². The van der Waals surface area contributed by atoms with Crippen LogP contribution in [0.2, 0.25) is 0 Å². The SMILES string of the molecule is CN(O)Cc1cccc2ccn(C)c12. The highest BCUT2D eigenvalue weighted by molar-refractivity contribution is 5.83. The number of benzene rings is 1. The van der Waals surface area contributed by atoms with E-state index in [-0.39, 0.29) is 0 Å². The van der Waals surface area contributed by atoms with Crippen LogP contribution in [-0.2, 0) is 13.6 Å². The van der Waals surface area contributed by atoms with Gasteiger partial charge in [-0.2, -0.15) is 5.06 Å². The minimum atomic E-state index is 0.551. The second-order valence-electron chi connectivity index (χ2n) is 3.60. The summed E-state index contributed by atoms with van der Waals surface area (Å²) >= 11 is 0. The molecule has 1 aromatic carbocycles. The van der Waals surface area contributed by atoms with E-state index >= 15 is 0 Å². The fraction of sp³-hybridized carbons (Fsp3) is 0.273. The van der Waals surface area contributed by atoms with Crippen molar-refractivity contribution < 1.29 is 5.21 Å². The van der Waals surface area contributed by atoms with Gasteiger partial charge in [0.25, 0.3) is 0 Å². The first-order valence-corrected chi connectivity index (χ1v) is 4.61. The van der Waals surface area contributed by atoms with Gasteiger partial charge in [0.1, 0.15) is 0 Å². The minimum absolute atomic E-state index is 0.551. The second-order valence-corrected chi connectivity index (χ2v) is 3.60. The molecule has 0 unspecified atom stereocenters. The van der Waals surface area contributed by atoms with Gasteiger partial charge in [-0.25, -0.2) is 0 Å². The van der Waals surface area contributed by atoms with E-state index < -0.39 is 0 Å². The van der Waals surface area contributed by atoms with E-state index in [1.165, 1.54) is 16.0 Å². The van der Waals surface area contributed by atoms with Crippen LogP contribution in [0.3, 0.4) is 0 Å². The van der Waals surface area contributed by atoms with Gasteiger partial charge in [-0.05, 0) is 17.0 Å². The van der Waals surface area contributed by atoms with Crippen LogP contribution >= 0.6 is 0 Å². The molecule has 0 bridgehead atoms. The lowest BCUT2D eigenvalue weighted by atomic mass is 10.1. The number of fused-ring (bicyclic) bond motifs is 1. The third-order valence-electron chi connectivity index (χ3n) is 2.38. The van der Waals surface area contributed by atoms with Gasteiger partial charge in [-0.1, -0.05) is 18.2 Å². The molecule has 0 radical (unpaired) electrons. The van der Waals surface area contributed by atoms with Gasteiger partial charge < -0.3 is 9.77 Å². The molecule has 0 saturated heterocycles. The quantitative estimate of drug-likeness (QED) is 0.734. The zero-order valence-corrected chi connectivity index (χ0v) is 8.44. The Bertz CT molecular complexity index is 445. The Kier molecular flexibility index (Phi) is 2.27. The van der Waals surface area contributed by atoms with E-state index in [1.807, 2.05) is 25.4 Å². The maximum absolute atomic E-state index is 9.22. The van der Waals surface area contributed by atoms with E-state index in [0.717, 1.165) is 5.56 Å². The first kappa shape index (κ1) is 9.24. The lowest BCUT2D eigenvalue weighted by Crippen LogP contribution is -2.12. The predicted octanol–water partition coefficient (Wildman–Crippen LogP) is 2.00. The van der Waals surface area contributed by atoms with Crippen molar-refractivity contribution in [2.45, 2.75) is 6.54 Å². The number of para-hydroxylation sites is 1. The largest absolute Gasteiger partial charge is 0.350 e. The molecule has 0 saturated carbocycles. The van der Waals surface area contributed by atoms with Gasteiger partial charge in [0.05, 0.1) is 12.1 Å². The summed E-state index contributed by atoms with van der Waals surface area (Å²) < 4.78 is 2.08. The van der Waals surface area contributed by atoms with Crippen molar-refractivity contribution in [1.29, 1.82) is 0 Å². The molecule has 0 atom stereocenters. The summed E-state index contributed by atoms with van der Waals surface area (Å²) in [6.45, 7) is 0.551. The molecule has 0 aliphatic rings. The number of aryl methyl sites for hydroxylation is 1. The molecular weight excluding hydrogens is 176 g/mol. The van der Waals surface area contributed by atoms with Crippen molar-refractivity contribution >= 4 is 10.9 Å². The van der Waals surface area contributed by atoms with Gasteiger partial charge in [0.15, 0.2) is 0 Å². The van der Waals surface area contributed by atoms with Gasteiger partial charge in [0, 0.05) is 20.3 Å². The highest BCUT2D eigenvalue weighted by atomic mass is 16.5. The number of nitrogens with zero attached hydrogens (tertiary/aromatic N) is 2. The second kappa shape index (κ2) is 3.44. The van der Waals surface area contributed by atoms with Gasteiger partial charge in [-0.15, -0.1) is 0 Å². The highest BCUT2D eigenvalue weighted by Crippen LogP contribution is 2.19. The normalized spacial score (nSPS) is 11.4. The Hall–Kier alpha value is -1.32. The molecule has 2 rings (SSSR count). The summed E-state index contributed by atoms with van der Waals surface area (Å²) in [5.74, 6) is 0. The summed E-state index contributed by atoms with van der Waals surface area (Å²) in [6, 6.07) is 8.21. The molecule has 0 fully saturated rings. The third-order valence-corrected chi connectivity index (χ3v) is 2.38. The van der Waals surface area contributed by atoms with E-state index in [2.05, 4.69) is 16.7 Å². The molecule has 1 heterocycles. The Labute approximate surface area is 83.1 Å². The number of rotatable bonds is 2. The lowest BCUT2D eigenvalue weighted by molar-refractivity contribution is -0.0728. The Morgan fingerprint density at radius 3 is 2.86 bits per heavy atom. The summed E-state index contributed by atoms with van der Waals surface area (Å²) in [5, 5.41) is 11.6. The average molecular weight is 190 g/mol. The fourth-order valence-electron chi connectivity index (χ4n) is 1.82. The molecule has 2 aromatic rings. The molecule has 3 nitrogen and oxygen atoms in total. The highest BCUT2D eigenvalue weighted by Gasteiger charge is 2.05. The van der Waals surface area contributed by atoms with Crippen LogP contribution in [0.15, 0.2) is 30.5 Å². The Morgan fingerprint density at radius 1 is 1.36 bits per heavy atom. The molecule has 0 amide bonds. The maximum Gasteiger partial charge on any atom is 0.0524 e. The van der Waals surface area contributed by atoms with E-state index in [1.54, 1.807) is 7.05 Å². The van der Waals surface area contributed by atoms with Crippen molar-refractivity contribution in [2.24, 2.45) is 7.05 Å². The third kappa shape index (κ3) is 1.52.